The maximum Gasteiger partial charge on any atom is 0.0890 e. The average Bonchev–Trinajstić information content (AvgIpc) is 3.15. The quantitative estimate of drug-likeness (QED) is 0.508. The van der Waals surface area contributed by atoms with Crippen LogP contribution in [-0.2, 0) is 0 Å². The molecule has 0 radical (unpaired) electrons. The second-order valence-electron chi connectivity index (χ2n) is 7.27. The Kier molecular flexibility index (Phi) is 8.29. The lowest BCUT2D eigenvalue weighted by Gasteiger charge is -2.25. The van der Waals surface area contributed by atoms with Crippen molar-refractivity contribution < 1.29 is 0 Å². The highest BCUT2D eigenvalue weighted by Gasteiger charge is 2.11. The third-order valence-corrected chi connectivity index (χ3v) is 4.79. The molecule has 138 valence electrons. The summed E-state index contributed by atoms with van der Waals surface area (Å²) in [6, 6.07) is 0. The lowest BCUT2D eigenvalue weighted by molar-refractivity contribution is 0.220. The first kappa shape index (κ1) is 19.0. The van der Waals surface area contributed by atoms with Crippen LogP contribution in [0.15, 0.2) is 24.8 Å². The lowest BCUT2D eigenvalue weighted by atomic mass is 10.2. The highest BCUT2D eigenvalue weighted by molar-refractivity contribution is 4.89. The summed E-state index contributed by atoms with van der Waals surface area (Å²) in [5, 5.41) is 0. The van der Waals surface area contributed by atoms with Crippen LogP contribution in [0.25, 0.3) is 0 Å². The minimum atomic E-state index is 1.05. The molecule has 5 nitrogen and oxygen atoms in total. The smallest absolute Gasteiger partial charge is 0.0890 e. The summed E-state index contributed by atoms with van der Waals surface area (Å²) in [7, 11) is 4.27. The number of unbranched alkanes of at least 4 members (excludes halogenated alkanes) is 2. The van der Waals surface area contributed by atoms with Crippen LogP contribution in [0.4, 0.5) is 0 Å². The summed E-state index contributed by atoms with van der Waals surface area (Å²) in [5.41, 5.74) is 0. The Bertz CT molecular complexity index is 363. The van der Waals surface area contributed by atoms with E-state index >= 15 is 0 Å². The second kappa shape index (κ2) is 10.5. The standard InChI is InChI=1S/C19H37N5/c1-4-5-6-9-22(10-7-12-23-16-14-20(2)18-23)11-8-13-24-17-15-21(3)19-24/h14-17H,4-13,18-19H2,1-3H3. The van der Waals surface area contributed by atoms with Gasteiger partial charge >= 0.3 is 0 Å². The summed E-state index contributed by atoms with van der Waals surface area (Å²) in [4.78, 5) is 12.0. The number of rotatable bonds is 12. The Balaban J connectivity index is 1.62. The van der Waals surface area contributed by atoms with Crippen molar-refractivity contribution in [1.29, 1.82) is 0 Å². The highest BCUT2D eigenvalue weighted by Crippen LogP contribution is 2.08. The molecule has 0 atom stereocenters. The van der Waals surface area contributed by atoms with Crippen LogP contribution < -0.4 is 0 Å². The van der Waals surface area contributed by atoms with Crippen LogP contribution in [0.1, 0.15) is 39.0 Å². The molecule has 2 aliphatic rings. The van der Waals surface area contributed by atoms with Gasteiger partial charge in [-0.2, -0.15) is 0 Å². The van der Waals surface area contributed by atoms with Gasteiger partial charge in [0.25, 0.3) is 0 Å². The number of hydrogen-bond donors (Lipinski definition) is 0. The molecular formula is C19H37N5. The second-order valence-corrected chi connectivity index (χ2v) is 7.27. The molecule has 0 bridgehead atoms. The van der Waals surface area contributed by atoms with Gasteiger partial charge in [0.1, 0.15) is 0 Å². The zero-order valence-corrected chi connectivity index (χ0v) is 16.0. The van der Waals surface area contributed by atoms with Crippen molar-refractivity contribution >= 4 is 0 Å². The highest BCUT2D eigenvalue weighted by atomic mass is 15.3. The van der Waals surface area contributed by atoms with Gasteiger partial charge < -0.3 is 24.5 Å². The van der Waals surface area contributed by atoms with E-state index in [1.54, 1.807) is 0 Å². The summed E-state index contributed by atoms with van der Waals surface area (Å²) in [5.74, 6) is 0. The minimum Gasteiger partial charge on any atom is -0.362 e. The topological polar surface area (TPSA) is 16.2 Å². The monoisotopic (exact) mass is 335 g/mol. The molecule has 5 heteroatoms. The zero-order valence-electron chi connectivity index (χ0n) is 16.0. The van der Waals surface area contributed by atoms with E-state index in [4.69, 9.17) is 0 Å². The molecule has 0 saturated heterocycles. The maximum atomic E-state index is 2.68. The fourth-order valence-corrected chi connectivity index (χ4v) is 3.38. The lowest BCUT2D eigenvalue weighted by Crippen LogP contribution is -2.32. The van der Waals surface area contributed by atoms with Crippen molar-refractivity contribution in [3.05, 3.63) is 24.8 Å². The summed E-state index contributed by atoms with van der Waals surface area (Å²) in [6.07, 6.45) is 15.3. The molecule has 0 N–H and O–H groups in total. The third-order valence-electron chi connectivity index (χ3n) is 4.79. The molecule has 0 aromatic rings. The van der Waals surface area contributed by atoms with Crippen molar-refractivity contribution in [2.45, 2.75) is 39.0 Å². The molecule has 2 heterocycles. The van der Waals surface area contributed by atoms with Crippen LogP contribution in [0, 0.1) is 0 Å². The van der Waals surface area contributed by atoms with Gasteiger partial charge in [-0.15, -0.1) is 0 Å². The molecule has 0 unspecified atom stereocenters. The molecule has 2 rings (SSSR count). The molecule has 0 spiro atoms. The molecule has 0 amide bonds. The first-order valence-electron chi connectivity index (χ1n) is 9.65. The summed E-state index contributed by atoms with van der Waals surface area (Å²) >= 11 is 0. The Morgan fingerprint density at radius 2 is 1.21 bits per heavy atom. The molecular weight excluding hydrogens is 298 g/mol. The first-order chi connectivity index (χ1) is 11.7. The third kappa shape index (κ3) is 7.04. The van der Waals surface area contributed by atoms with Gasteiger partial charge in [-0.05, 0) is 38.9 Å². The average molecular weight is 336 g/mol. The molecule has 2 aliphatic heterocycles. The molecule has 0 saturated carbocycles. The van der Waals surface area contributed by atoms with Gasteiger partial charge in [-0.25, -0.2) is 0 Å². The molecule has 24 heavy (non-hydrogen) atoms. The molecule has 0 aromatic heterocycles. The zero-order chi connectivity index (χ0) is 17.2. The predicted octanol–water partition coefficient (Wildman–Crippen LogP) is 2.61. The van der Waals surface area contributed by atoms with Crippen molar-refractivity contribution in [2.75, 3.05) is 60.2 Å². The molecule has 0 fully saturated rings. The minimum absolute atomic E-state index is 1.05. The fourth-order valence-electron chi connectivity index (χ4n) is 3.38. The van der Waals surface area contributed by atoms with E-state index < -0.39 is 0 Å². The van der Waals surface area contributed by atoms with Crippen molar-refractivity contribution in [2.24, 2.45) is 0 Å². The van der Waals surface area contributed by atoms with Crippen LogP contribution in [0.3, 0.4) is 0 Å². The van der Waals surface area contributed by atoms with E-state index in [1.165, 1.54) is 64.8 Å². The SMILES string of the molecule is CCCCCN(CCCN1C=CN(C)C1)CCCN1C=CN(C)C1. The van der Waals surface area contributed by atoms with Crippen LogP contribution >= 0.6 is 0 Å². The number of hydrogen-bond acceptors (Lipinski definition) is 5. The summed E-state index contributed by atoms with van der Waals surface area (Å²) < 4.78 is 0. The van der Waals surface area contributed by atoms with Gasteiger partial charge in [-0.1, -0.05) is 19.8 Å². The van der Waals surface area contributed by atoms with Crippen LogP contribution in [0.2, 0.25) is 0 Å². The van der Waals surface area contributed by atoms with E-state index in [9.17, 15) is 0 Å². The van der Waals surface area contributed by atoms with Crippen molar-refractivity contribution in [3.8, 4) is 0 Å². The Morgan fingerprint density at radius 3 is 1.62 bits per heavy atom. The Morgan fingerprint density at radius 1 is 0.708 bits per heavy atom. The van der Waals surface area contributed by atoms with Gasteiger partial charge in [0.2, 0.25) is 0 Å². The number of nitrogens with zero attached hydrogens (tertiary/aromatic N) is 5. The van der Waals surface area contributed by atoms with Crippen molar-refractivity contribution in [3.63, 3.8) is 0 Å². The van der Waals surface area contributed by atoms with E-state index in [1.807, 2.05) is 0 Å². The fraction of sp³-hybridized carbons (Fsp3) is 0.789. The molecule has 0 aliphatic carbocycles. The van der Waals surface area contributed by atoms with Gasteiger partial charge in [0.15, 0.2) is 0 Å². The van der Waals surface area contributed by atoms with Crippen LogP contribution in [-0.4, -0.2) is 84.7 Å². The van der Waals surface area contributed by atoms with E-state index in [-0.39, 0.29) is 0 Å². The Labute approximate surface area is 149 Å². The predicted molar refractivity (Wildman–Crippen MR) is 102 cm³/mol. The van der Waals surface area contributed by atoms with Crippen molar-refractivity contribution in [1.82, 2.24) is 24.5 Å². The van der Waals surface area contributed by atoms with Crippen LogP contribution in [0.5, 0.6) is 0 Å². The first-order valence-corrected chi connectivity index (χ1v) is 9.65. The largest absolute Gasteiger partial charge is 0.362 e. The normalized spacial score (nSPS) is 17.2. The van der Waals surface area contributed by atoms with Gasteiger partial charge in [0, 0.05) is 52.0 Å². The maximum absolute atomic E-state index is 2.68. The van der Waals surface area contributed by atoms with E-state index in [0.29, 0.717) is 0 Å². The Hall–Kier alpha value is -1.36. The van der Waals surface area contributed by atoms with Gasteiger partial charge in [-0.3, -0.25) is 0 Å². The van der Waals surface area contributed by atoms with Gasteiger partial charge in [0.05, 0.1) is 13.3 Å². The van der Waals surface area contributed by atoms with E-state index in [2.05, 4.69) is 70.3 Å². The summed E-state index contributed by atoms with van der Waals surface area (Å²) in [6.45, 7) is 10.4. The van der Waals surface area contributed by atoms with E-state index in [0.717, 1.165) is 13.3 Å². The molecule has 0 aromatic carbocycles.